The lowest BCUT2D eigenvalue weighted by Gasteiger charge is -2.08. The van der Waals surface area contributed by atoms with Gasteiger partial charge in [0.2, 0.25) is 5.95 Å². The third-order valence-electron chi connectivity index (χ3n) is 3.25. The van der Waals surface area contributed by atoms with Gasteiger partial charge in [0, 0.05) is 6.20 Å². The van der Waals surface area contributed by atoms with Crippen LogP contribution in [0, 0.1) is 6.92 Å². The maximum Gasteiger partial charge on any atom is 0.201 e. The largest absolute Gasteiger partial charge is 0.369 e. The number of rotatable bonds is 2. The topological polar surface area (TPSA) is 56.7 Å². The van der Waals surface area contributed by atoms with E-state index in [9.17, 15) is 0 Å². The number of aryl methyl sites for hydroxylation is 1. The maximum absolute atomic E-state index is 6.07. The van der Waals surface area contributed by atoms with Crippen LogP contribution >= 0.6 is 23.2 Å². The smallest absolute Gasteiger partial charge is 0.201 e. The van der Waals surface area contributed by atoms with Crippen molar-refractivity contribution >= 4 is 40.2 Å². The second-order valence-corrected chi connectivity index (χ2v) is 5.39. The van der Waals surface area contributed by atoms with Crippen molar-refractivity contribution in [2.24, 2.45) is 0 Å². The molecule has 0 saturated carbocycles. The minimum absolute atomic E-state index is 0.420. The summed E-state index contributed by atoms with van der Waals surface area (Å²) in [6, 6.07) is 7.42. The van der Waals surface area contributed by atoms with E-state index in [1.807, 2.05) is 23.6 Å². The van der Waals surface area contributed by atoms with Crippen molar-refractivity contribution in [2.45, 2.75) is 13.5 Å². The highest BCUT2D eigenvalue weighted by Crippen LogP contribution is 2.29. The minimum Gasteiger partial charge on any atom is -0.369 e. The molecule has 3 rings (SSSR count). The molecule has 6 heteroatoms. The van der Waals surface area contributed by atoms with Crippen molar-refractivity contribution < 1.29 is 0 Å². The summed E-state index contributed by atoms with van der Waals surface area (Å²) in [6.45, 7) is 2.56. The van der Waals surface area contributed by atoms with E-state index in [1.54, 1.807) is 18.3 Å². The first-order valence-corrected chi connectivity index (χ1v) is 6.83. The van der Waals surface area contributed by atoms with Crippen LogP contribution < -0.4 is 5.73 Å². The third kappa shape index (κ3) is 2.21. The molecule has 0 aliphatic carbocycles. The normalized spacial score (nSPS) is 11.2. The monoisotopic (exact) mass is 306 g/mol. The Bertz CT molecular complexity index is 795. The molecule has 0 bridgehead atoms. The summed E-state index contributed by atoms with van der Waals surface area (Å²) in [5.74, 6) is 0.420. The lowest BCUT2D eigenvalue weighted by molar-refractivity contribution is 0.802. The average molecular weight is 307 g/mol. The molecule has 0 atom stereocenters. The number of nitrogens with two attached hydrogens (primary N) is 1. The second kappa shape index (κ2) is 4.96. The standard InChI is InChI=1S/C14H12Cl2N4/c1-8-3-2-4-18-12(8)7-20-13-6-10(16)9(15)5-11(13)19-14(20)17/h2-6H,7H2,1H3,(H2,17,19). The first-order valence-electron chi connectivity index (χ1n) is 6.07. The molecule has 0 unspecified atom stereocenters. The van der Waals surface area contributed by atoms with Gasteiger partial charge in [0.1, 0.15) is 0 Å². The Balaban J connectivity index is 2.14. The number of hydrogen-bond donors (Lipinski definition) is 1. The highest BCUT2D eigenvalue weighted by molar-refractivity contribution is 6.42. The van der Waals surface area contributed by atoms with E-state index < -0.39 is 0 Å². The number of hydrogen-bond acceptors (Lipinski definition) is 3. The number of pyridine rings is 1. The number of halogens is 2. The van der Waals surface area contributed by atoms with Crippen LogP contribution in [-0.4, -0.2) is 14.5 Å². The summed E-state index contributed by atoms with van der Waals surface area (Å²) >= 11 is 12.1. The van der Waals surface area contributed by atoms with Gasteiger partial charge in [-0.2, -0.15) is 0 Å². The number of nitrogens with zero attached hydrogens (tertiary/aromatic N) is 3. The Labute approximate surface area is 126 Å². The summed E-state index contributed by atoms with van der Waals surface area (Å²) in [7, 11) is 0. The molecule has 2 aromatic heterocycles. The van der Waals surface area contributed by atoms with Crippen molar-refractivity contribution in [1.82, 2.24) is 14.5 Å². The Hall–Kier alpha value is -1.78. The van der Waals surface area contributed by atoms with Crippen molar-refractivity contribution in [3.8, 4) is 0 Å². The zero-order valence-corrected chi connectivity index (χ0v) is 12.3. The number of aromatic nitrogens is 3. The lowest BCUT2D eigenvalue weighted by atomic mass is 10.2. The highest BCUT2D eigenvalue weighted by Gasteiger charge is 2.12. The SMILES string of the molecule is Cc1cccnc1Cn1c(N)nc2cc(Cl)c(Cl)cc21. The molecule has 4 nitrogen and oxygen atoms in total. The van der Waals surface area contributed by atoms with Crippen LogP contribution in [0.25, 0.3) is 11.0 Å². The van der Waals surface area contributed by atoms with Gasteiger partial charge in [0.05, 0.1) is 33.3 Å². The van der Waals surface area contributed by atoms with Crippen LogP contribution in [0.2, 0.25) is 10.0 Å². The molecule has 20 heavy (non-hydrogen) atoms. The zero-order chi connectivity index (χ0) is 14.3. The quantitative estimate of drug-likeness (QED) is 0.786. The molecule has 0 amide bonds. The summed E-state index contributed by atoms with van der Waals surface area (Å²) in [6.07, 6.45) is 1.77. The van der Waals surface area contributed by atoms with E-state index in [0.717, 1.165) is 22.3 Å². The predicted molar refractivity (Wildman–Crippen MR) is 82.2 cm³/mol. The number of nitrogen functional groups attached to an aromatic ring is 1. The molecule has 1 aromatic carbocycles. The van der Waals surface area contributed by atoms with Gasteiger partial charge in [-0.1, -0.05) is 29.3 Å². The maximum atomic E-state index is 6.07. The molecular formula is C14H12Cl2N4. The first-order chi connectivity index (χ1) is 9.56. The van der Waals surface area contributed by atoms with Crippen LogP contribution in [0.1, 0.15) is 11.3 Å². The molecule has 2 N–H and O–H groups in total. The van der Waals surface area contributed by atoms with Crippen molar-refractivity contribution in [3.63, 3.8) is 0 Å². The van der Waals surface area contributed by atoms with E-state index in [1.165, 1.54) is 0 Å². The summed E-state index contributed by atoms with van der Waals surface area (Å²) in [4.78, 5) is 8.69. The second-order valence-electron chi connectivity index (χ2n) is 4.58. The van der Waals surface area contributed by atoms with Crippen molar-refractivity contribution in [1.29, 1.82) is 0 Å². The lowest BCUT2D eigenvalue weighted by Crippen LogP contribution is -2.07. The number of imidazole rings is 1. The van der Waals surface area contributed by atoms with Crippen LogP contribution in [0.4, 0.5) is 5.95 Å². The van der Waals surface area contributed by atoms with Crippen LogP contribution in [0.15, 0.2) is 30.5 Å². The molecule has 0 aliphatic heterocycles. The molecule has 0 saturated heterocycles. The van der Waals surface area contributed by atoms with Gasteiger partial charge >= 0.3 is 0 Å². The molecule has 0 radical (unpaired) electrons. The van der Waals surface area contributed by atoms with E-state index in [4.69, 9.17) is 28.9 Å². The zero-order valence-electron chi connectivity index (χ0n) is 10.8. The van der Waals surface area contributed by atoms with Gasteiger partial charge in [0.25, 0.3) is 0 Å². The summed E-state index contributed by atoms with van der Waals surface area (Å²) in [5, 5.41) is 0.955. The van der Waals surface area contributed by atoms with Crippen LogP contribution in [-0.2, 0) is 6.54 Å². The summed E-state index contributed by atoms with van der Waals surface area (Å²) in [5.41, 5.74) is 9.62. The van der Waals surface area contributed by atoms with Crippen molar-refractivity contribution in [3.05, 3.63) is 51.8 Å². The number of fused-ring (bicyclic) bond motifs is 1. The van der Waals surface area contributed by atoms with E-state index in [2.05, 4.69) is 9.97 Å². The molecule has 0 aliphatic rings. The fraction of sp³-hybridized carbons (Fsp3) is 0.143. The molecule has 0 fully saturated rings. The van der Waals surface area contributed by atoms with Gasteiger partial charge in [-0.25, -0.2) is 4.98 Å². The van der Waals surface area contributed by atoms with E-state index >= 15 is 0 Å². The molecule has 2 heterocycles. The Kier molecular flexibility index (Phi) is 3.28. The fourth-order valence-corrected chi connectivity index (χ4v) is 2.45. The minimum atomic E-state index is 0.420. The summed E-state index contributed by atoms with van der Waals surface area (Å²) < 4.78 is 1.88. The van der Waals surface area contributed by atoms with Gasteiger partial charge in [0.15, 0.2) is 0 Å². The fourth-order valence-electron chi connectivity index (χ4n) is 2.14. The van der Waals surface area contributed by atoms with Crippen LogP contribution in [0.5, 0.6) is 0 Å². The number of benzene rings is 1. The van der Waals surface area contributed by atoms with Gasteiger partial charge in [-0.05, 0) is 30.7 Å². The predicted octanol–water partition coefficient (Wildman–Crippen LogP) is 3.68. The van der Waals surface area contributed by atoms with Crippen molar-refractivity contribution in [2.75, 3.05) is 5.73 Å². The molecular weight excluding hydrogens is 295 g/mol. The third-order valence-corrected chi connectivity index (χ3v) is 3.97. The van der Waals surface area contributed by atoms with E-state index in [-0.39, 0.29) is 0 Å². The number of anilines is 1. The Morgan fingerprint density at radius 1 is 1.25 bits per heavy atom. The van der Waals surface area contributed by atoms with Gasteiger partial charge in [-0.15, -0.1) is 0 Å². The Morgan fingerprint density at radius 2 is 2.00 bits per heavy atom. The van der Waals surface area contributed by atoms with Crippen LogP contribution in [0.3, 0.4) is 0 Å². The highest BCUT2D eigenvalue weighted by atomic mass is 35.5. The van der Waals surface area contributed by atoms with Gasteiger partial charge in [-0.3, -0.25) is 4.98 Å². The molecule has 0 spiro atoms. The average Bonchev–Trinajstić information content (AvgIpc) is 2.69. The van der Waals surface area contributed by atoms with E-state index in [0.29, 0.717) is 22.5 Å². The first kappa shape index (κ1) is 13.2. The Morgan fingerprint density at radius 3 is 2.75 bits per heavy atom. The van der Waals surface area contributed by atoms with Gasteiger partial charge < -0.3 is 10.3 Å². The molecule has 102 valence electrons. The molecule has 3 aromatic rings.